The lowest BCUT2D eigenvalue weighted by Crippen LogP contribution is -2.52. The number of Topliss-reactive ketones (excluding diaryl/α,β-unsaturated/α-hetero) is 2. The van der Waals surface area contributed by atoms with Crippen molar-refractivity contribution in [1.82, 2.24) is 0 Å². The first-order valence-electron chi connectivity index (χ1n) is 12.2. The average molecular weight is 487 g/mol. The van der Waals surface area contributed by atoms with Crippen molar-refractivity contribution in [3.05, 3.63) is 107 Å². The molecule has 0 saturated carbocycles. The van der Waals surface area contributed by atoms with Crippen LogP contribution in [0, 0.1) is 5.41 Å². The van der Waals surface area contributed by atoms with E-state index >= 15 is 0 Å². The number of fused-ring (bicyclic) bond motifs is 4. The van der Waals surface area contributed by atoms with Gasteiger partial charge in [-0.1, -0.05) is 113 Å². The average Bonchev–Trinajstić information content (AvgIpc) is 3.17. The molecule has 0 radical (unpaired) electrons. The zero-order valence-electron chi connectivity index (χ0n) is 20.7. The molecular formula is C30H31O4P. The van der Waals surface area contributed by atoms with Crippen molar-refractivity contribution in [3.8, 4) is 0 Å². The van der Waals surface area contributed by atoms with E-state index in [1.165, 1.54) is 0 Å². The summed E-state index contributed by atoms with van der Waals surface area (Å²) in [5.74, 6) is -0.000565. The lowest BCUT2D eigenvalue weighted by Gasteiger charge is -2.43. The third-order valence-corrected chi connectivity index (χ3v) is 10.3. The molecule has 0 amide bonds. The summed E-state index contributed by atoms with van der Waals surface area (Å²) in [7, 11) is -1.49. The van der Waals surface area contributed by atoms with Crippen molar-refractivity contribution in [2.75, 3.05) is 6.61 Å². The zero-order chi connectivity index (χ0) is 24.8. The van der Waals surface area contributed by atoms with Crippen LogP contribution in [0.4, 0.5) is 0 Å². The molecule has 4 atom stereocenters. The number of hydrogen-bond donors (Lipinski definition) is 0. The Bertz CT molecular complexity index is 1250. The Hall–Kier alpha value is -2.65. The molecule has 1 saturated heterocycles. The highest BCUT2D eigenvalue weighted by molar-refractivity contribution is 7.55. The molecule has 5 rings (SSSR count). The molecule has 3 aromatic carbocycles. The minimum atomic E-state index is -1.49. The highest BCUT2D eigenvalue weighted by Crippen LogP contribution is 2.79. The van der Waals surface area contributed by atoms with Gasteiger partial charge >= 0.3 is 0 Å². The fourth-order valence-corrected chi connectivity index (χ4v) is 9.01. The maximum atomic E-state index is 14.5. The first-order chi connectivity index (χ1) is 16.8. The summed E-state index contributed by atoms with van der Waals surface area (Å²) >= 11 is 0. The summed E-state index contributed by atoms with van der Waals surface area (Å²) in [4.78, 5) is 27.0. The lowest BCUT2D eigenvalue weighted by molar-refractivity contribution is -0.120. The van der Waals surface area contributed by atoms with Crippen LogP contribution in [0.25, 0.3) is 0 Å². The molecule has 0 unspecified atom stereocenters. The Kier molecular flexibility index (Phi) is 6.04. The molecule has 5 heteroatoms. The fourth-order valence-electron chi connectivity index (χ4n) is 5.61. The van der Waals surface area contributed by atoms with Gasteiger partial charge in [-0.25, -0.2) is 0 Å². The quantitative estimate of drug-likeness (QED) is 0.359. The van der Waals surface area contributed by atoms with Gasteiger partial charge in [0.2, 0.25) is 0 Å². The van der Waals surface area contributed by atoms with Crippen molar-refractivity contribution in [2.45, 2.75) is 50.7 Å². The van der Waals surface area contributed by atoms with Crippen LogP contribution in [0.5, 0.6) is 0 Å². The predicted octanol–water partition coefficient (Wildman–Crippen LogP) is 6.82. The molecule has 180 valence electrons. The Morgan fingerprint density at radius 2 is 1.49 bits per heavy atom. The lowest BCUT2D eigenvalue weighted by atomic mass is 9.71. The molecule has 4 nitrogen and oxygen atoms in total. The van der Waals surface area contributed by atoms with E-state index in [4.69, 9.17) is 9.26 Å². The Balaban J connectivity index is 1.88. The molecule has 2 aliphatic heterocycles. The fraction of sp³-hybridized carbons (Fsp3) is 0.333. The smallest absolute Gasteiger partial charge is 0.200 e. The van der Waals surface area contributed by atoms with E-state index in [1.54, 1.807) is 0 Å². The van der Waals surface area contributed by atoms with Crippen LogP contribution in [0.1, 0.15) is 61.2 Å². The van der Waals surface area contributed by atoms with Gasteiger partial charge in [0.15, 0.2) is 22.5 Å². The van der Waals surface area contributed by atoms with Crippen LogP contribution >= 0.6 is 8.15 Å². The van der Waals surface area contributed by atoms with Crippen LogP contribution in [-0.2, 0) is 25.0 Å². The van der Waals surface area contributed by atoms with Gasteiger partial charge in [-0.15, -0.1) is 0 Å². The number of ether oxygens (including phenoxy) is 1. The standard InChI is InChI=1S/C30H31O4P/c1-5-23(31)20-33-35-27(28(2,3)4)29(21-14-8-6-9-15-21)26(32)24-18-12-13-19-25(24)30(35,34-29)22-16-10-7-11-17-22/h6-19,27H,5,20H2,1-4H3/t27-,29-,30-,35-/m0/s1. The summed E-state index contributed by atoms with van der Waals surface area (Å²) in [5, 5.41) is -0.983. The summed E-state index contributed by atoms with van der Waals surface area (Å²) in [6, 6.07) is 27.6. The van der Waals surface area contributed by atoms with Crippen LogP contribution < -0.4 is 0 Å². The number of carbonyl (C=O) groups excluding carboxylic acids is 2. The molecule has 2 heterocycles. The van der Waals surface area contributed by atoms with Gasteiger partial charge in [-0.05, 0) is 16.5 Å². The Morgan fingerprint density at radius 3 is 2.09 bits per heavy atom. The number of hydrogen-bond acceptors (Lipinski definition) is 4. The highest BCUT2D eigenvalue weighted by Gasteiger charge is 2.74. The second-order valence-electron chi connectivity index (χ2n) is 10.3. The Labute approximate surface area is 208 Å². The van der Waals surface area contributed by atoms with Gasteiger partial charge in [0, 0.05) is 17.5 Å². The SMILES string of the molecule is CCC(=O)CO[P@@]1[C@@H](C(C)(C)C)[C@@]2(c3ccccc3)O[C@]1(c1ccccc1)c1ccccc1C2=O. The van der Waals surface area contributed by atoms with Gasteiger partial charge < -0.3 is 9.26 Å². The largest absolute Gasteiger partial charge is 0.347 e. The summed E-state index contributed by atoms with van der Waals surface area (Å²) in [5.41, 5.74) is 1.38. The van der Waals surface area contributed by atoms with Crippen LogP contribution in [0.3, 0.4) is 0 Å². The van der Waals surface area contributed by atoms with Crippen molar-refractivity contribution in [2.24, 2.45) is 5.41 Å². The second-order valence-corrected chi connectivity index (χ2v) is 12.4. The third-order valence-electron chi connectivity index (χ3n) is 7.06. The van der Waals surface area contributed by atoms with Crippen LogP contribution in [0.15, 0.2) is 84.9 Å². The predicted molar refractivity (Wildman–Crippen MR) is 139 cm³/mol. The van der Waals surface area contributed by atoms with Gasteiger partial charge in [0.1, 0.15) is 6.61 Å². The zero-order valence-corrected chi connectivity index (χ0v) is 21.5. The van der Waals surface area contributed by atoms with Gasteiger partial charge in [0.25, 0.3) is 0 Å². The molecule has 3 aromatic rings. The number of ketones is 2. The molecular weight excluding hydrogens is 455 g/mol. The molecule has 35 heavy (non-hydrogen) atoms. The summed E-state index contributed by atoms with van der Waals surface area (Å²) in [6.07, 6.45) is 0.405. The van der Waals surface area contributed by atoms with E-state index in [2.05, 4.69) is 20.8 Å². The second kappa shape index (κ2) is 8.78. The van der Waals surface area contributed by atoms with E-state index in [0.717, 1.165) is 16.7 Å². The van der Waals surface area contributed by atoms with Crippen molar-refractivity contribution < 1.29 is 18.8 Å². The van der Waals surface area contributed by atoms with E-state index in [1.807, 2.05) is 91.9 Å². The Morgan fingerprint density at radius 1 is 0.914 bits per heavy atom. The molecule has 1 fully saturated rings. The minimum absolute atomic E-state index is 0.00789. The molecule has 2 bridgehead atoms. The van der Waals surface area contributed by atoms with Crippen LogP contribution in [-0.4, -0.2) is 23.8 Å². The molecule has 2 aliphatic rings. The highest BCUT2D eigenvalue weighted by atomic mass is 31.1. The topological polar surface area (TPSA) is 52.6 Å². The number of carbonyl (C=O) groups is 2. The van der Waals surface area contributed by atoms with Crippen molar-refractivity contribution >= 4 is 19.7 Å². The minimum Gasteiger partial charge on any atom is -0.347 e. The normalized spacial score (nSPS) is 27.5. The summed E-state index contributed by atoms with van der Waals surface area (Å²) < 4.78 is 13.9. The first-order valence-corrected chi connectivity index (χ1v) is 13.5. The van der Waals surface area contributed by atoms with E-state index in [0.29, 0.717) is 12.0 Å². The third kappa shape index (κ3) is 3.54. The van der Waals surface area contributed by atoms with Gasteiger partial charge in [0.05, 0.1) is 13.8 Å². The maximum absolute atomic E-state index is 14.5. The van der Waals surface area contributed by atoms with E-state index in [-0.39, 0.29) is 29.2 Å². The molecule has 0 aliphatic carbocycles. The van der Waals surface area contributed by atoms with Crippen LogP contribution in [0.2, 0.25) is 0 Å². The number of benzene rings is 3. The summed E-state index contributed by atoms with van der Waals surface area (Å²) in [6.45, 7) is 8.28. The van der Waals surface area contributed by atoms with E-state index in [9.17, 15) is 9.59 Å². The van der Waals surface area contributed by atoms with Gasteiger partial charge in [-0.3, -0.25) is 9.59 Å². The van der Waals surface area contributed by atoms with Crippen molar-refractivity contribution in [1.29, 1.82) is 0 Å². The van der Waals surface area contributed by atoms with E-state index < -0.39 is 19.1 Å². The molecule has 0 N–H and O–H groups in total. The molecule has 0 spiro atoms. The molecule has 0 aromatic heterocycles. The van der Waals surface area contributed by atoms with Gasteiger partial charge in [-0.2, -0.15) is 0 Å². The maximum Gasteiger partial charge on any atom is 0.200 e. The first kappa shape index (κ1) is 24.1. The van der Waals surface area contributed by atoms with Crippen molar-refractivity contribution in [3.63, 3.8) is 0 Å². The monoisotopic (exact) mass is 486 g/mol. The number of rotatable bonds is 6.